The van der Waals surface area contributed by atoms with Crippen LogP contribution < -0.4 is 5.73 Å². The minimum atomic E-state index is 0.581. The first kappa shape index (κ1) is 12.2. The minimum absolute atomic E-state index is 0.581. The lowest BCUT2D eigenvalue weighted by atomic mass is 10.0. The van der Waals surface area contributed by atoms with Crippen molar-refractivity contribution >= 4 is 0 Å². The van der Waals surface area contributed by atoms with Crippen molar-refractivity contribution in [3.05, 3.63) is 35.4 Å². The van der Waals surface area contributed by atoms with Crippen LogP contribution in [-0.2, 0) is 6.54 Å². The van der Waals surface area contributed by atoms with E-state index in [1.165, 1.54) is 31.2 Å². The number of benzene rings is 1. The molecule has 0 aliphatic heterocycles. The zero-order valence-corrected chi connectivity index (χ0v) is 11.3. The normalized spacial score (nSPS) is 21.3. The van der Waals surface area contributed by atoms with Gasteiger partial charge in [0.15, 0.2) is 0 Å². The maximum atomic E-state index is 5.94. The van der Waals surface area contributed by atoms with Crippen LogP contribution in [0.25, 0.3) is 0 Å². The van der Waals surface area contributed by atoms with Crippen LogP contribution in [0.2, 0.25) is 0 Å². The highest BCUT2D eigenvalue weighted by Crippen LogP contribution is 2.42. The molecule has 2 N–H and O–H groups in total. The summed E-state index contributed by atoms with van der Waals surface area (Å²) >= 11 is 0. The topological polar surface area (TPSA) is 29.3 Å². The fourth-order valence-corrected chi connectivity index (χ4v) is 3.07. The number of likely N-dealkylation sites (N-methyl/N-ethyl adjacent to an activating group) is 1. The first-order chi connectivity index (χ1) is 8.79. The van der Waals surface area contributed by atoms with Crippen molar-refractivity contribution in [3.8, 4) is 0 Å². The van der Waals surface area contributed by atoms with Crippen LogP contribution in [0.1, 0.15) is 42.7 Å². The Kier molecular flexibility index (Phi) is 3.40. The number of hydrogen-bond acceptors (Lipinski definition) is 2. The van der Waals surface area contributed by atoms with Gasteiger partial charge in [-0.1, -0.05) is 24.3 Å². The van der Waals surface area contributed by atoms with Crippen molar-refractivity contribution in [2.45, 2.75) is 44.2 Å². The third-order valence-corrected chi connectivity index (χ3v) is 4.47. The molecular weight excluding hydrogens is 220 g/mol. The summed E-state index contributed by atoms with van der Waals surface area (Å²) in [6, 6.07) is 9.54. The molecule has 2 fully saturated rings. The maximum Gasteiger partial charge on any atom is 0.0247 e. The van der Waals surface area contributed by atoms with Gasteiger partial charge in [0, 0.05) is 19.1 Å². The molecule has 0 saturated heterocycles. The van der Waals surface area contributed by atoms with Gasteiger partial charge in [0.25, 0.3) is 0 Å². The molecule has 1 aromatic rings. The van der Waals surface area contributed by atoms with Gasteiger partial charge in [-0.2, -0.15) is 0 Å². The molecule has 98 valence electrons. The van der Waals surface area contributed by atoms with E-state index in [0.717, 1.165) is 24.9 Å². The Balaban J connectivity index is 1.71. The van der Waals surface area contributed by atoms with Crippen LogP contribution in [-0.4, -0.2) is 24.5 Å². The van der Waals surface area contributed by atoms with Gasteiger partial charge in [-0.25, -0.2) is 0 Å². The first-order valence-electron chi connectivity index (χ1n) is 7.27. The molecule has 0 bridgehead atoms. The molecular formula is C16H24N2. The fourth-order valence-electron chi connectivity index (χ4n) is 3.07. The van der Waals surface area contributed by atoms with Gasteiger partial charge in [0.2, 0.25) is 0 Å². The average molecular weight is 244 g/mol. The highest BCUT2D eigenvalue weighted by atomic mass is 15.1. The monoisotopic (exact) mass is 244 g/mol. The molecule has 0 spiro atoms. The van der Waals surface area contributed by atoms with Gasteiger partial charge in [0.1, 0.15) is 0 Å². The molecule has 2 aliphatic carbocycles. The summed E-state index contributed by atoms with van der Waals surface area (Å²) in [5.41, 5.74) is 9.03. The van der Waals surface area contributed by atoms with E-state index >= 15 is 0 Å². The lowest BCUT2D eigenvalue weighted by Crippen LogP contribution is -2.39. The Morgan fingerprint density at radius 3 is 2.56 bits per heavy atom. The van der Waals surface area contributed by atoms with Gasteiger partial charge in [-0.3, -0.25) is 4.90 Å². The molecule has 0 amide bonds. The van der Waals surface area contributed by atoms with E-state index in [1.807, 2.05) is 0 Å². The molecule has 0 radical (unpaired) electrons. The Morgan fingerprint density at radius 1 is 1.22 bits per heavy atom. The summed E-state index contributed by atoms with van der Waals surface area (Å²) in [5.74, 6) is 1.69. The summed E-state index contributed by atoms with van der Waals surface area (Å²) in [7, 11) is 2.24. The molecule has 0 aromatic heterocycles. The molecule has 0 heterocycles. The van der Waals surface area contributed by atoms with E-state index in [0.29, 0.717) is 6.04 Å². The third-order valence-electron chi connectivity index (χ3n) is 4.47. The van der Waals surface area contributed by atoms with Crippen molar-refractivity contribution in [1.29, 1.82) is 0 Å². The van der Waals surface area contributed by atoms with E-state index in [4.69, 9.17) is 5.73 Å². The van der Waals surface area contributed by atoms with E-state index in [9.17, 15) is 0 Å². The highest BCUT2D eigenvalue weighted by molar-refractivity contribution is 5.33. The molecule has 2 nitrogen and oxygen atoms in total. The van der Waals surface area contributed by atoms with Crippen molar-refractivity contribution < 1.29 is 0 Å². The SMILES string of the molecule is CN(Cc1ccccc1C1CC1)C(CN)C1CC1. The van der Waals surface area contributed by atoms with E-state index in [1.54, 1.807) is 5.56 Å². The largest absolute Gasteiger partial charge is 0.329 e. The number of nitrogens with zero attached hydrogens (tertiary/aromatic N) is 1. The molecule has 1 atom stereocenters. The van der Waals surface area contributed by atoms with Crippen LogP contribution in [0, 0.1) is 5.92 Å². The maximum absolute atomic E-state index is 5.94. The summed E-state index contributed by atoms with van der Waals surface area (Å²) in [6.07, 6.45) is 5.50. The third kappa shape index (κ3) is 2.60. The van der Waals surface area contributed by atoms with Gasteiger partial charge >= 0.3 is 0 Å². The number of hydrogen-bond donors (Lipinski definition) is 1. The summed E-state index contributed by atoms with van der Waals surface area (Å²) in [5, 5.41) is 0. The molecule has 2 heteroatoms. The molecule has 18 heavy (non-hydrogen) atoms. The van der Waals surface area contributed by atoms with Gasteiger partial charge < -0.3 is 5.73 Å². The number of rotatable bonds is 6. The summed E-state index contributed by atoms with van der Waals surface area (Å²) in [6.45, 7) is 1.86. The zero-order chi connectivity index (χ0) is 12.5. The van der Waals surface area contributed by atoms with E-state index in [2.05, 4.69) is 36.2 Å². The van der Waals surface area contributed by atoms with Gasteiger partial charge in [-0.15, -0.1) is 0 Å². The minimum Gasteiger partial charge on any atom is -0.329 e. The Hall–Kier alpha value is -0.860. The molecule has 2 aliphatic rings. The Morgan fingerprint density at radius 2 is 1.94 bits per heavy atom. The van der Waals surface area contributed by atoms with Crippen LogP contribution >= 0.6 is 0 Å². The summed E-state index contributed by atoms with van der Waals surface area (Å²) in [4.78, 5) is 2.47. The lowest BCUT2D eigenvalue weighted by molar-refractivity contribution is 0.215. The van der Waals surface area contributed by atoms with Crippen molar-refractivity contribution in [2.75, 3.05) is 13.6 Å². The average Bonchev–Trinajstić information content (AvgIpc) is 3.24. The summed E-state index contributed by atoms with van der Waals surface area (Å²) < 4.78 is 0. The van der Waals surface area contributed by atoms with E-state index in [-0.39, 0.29) is 0 Å². The number of nitrogens with two attached hydrogens (primary N) is 1. The second-order valence-corrected chi connectivity index (χ2v) is 6.03. The lowest BCUT2D eigenvalue weighted by Gasteiger charge is -2.27. The van der Waals surface area contributed by atoms with Crippen LogP contribution in [0.5, 0.6) is 0 Å². The van der Waals surface area contributed by atoms with Crippen molar-refractivity contribution in [3.63, 3.8) is 0 Å². The Labute approximate surface area is 110 Å². The highest BCUT2D eigenvalue weighted by Gasteiger charge is 2.33. The van der Waals surface area contributed by atoms with Crippen LogP contribution in [0.15, 0.2) is 24.3 Å². The molecule has 3 rings (SSSR count). The Bertz CT molecular complexity index is 407. The smallest absolute Gasteiger partial charge is 0.0247 e. The van der Waals surface area contributed by atoms with Crippen molar-refractivity contribution in [2.24, 2.45) is 11.7 Å². The van der Waals surface area contributed by atoms with Crippen LogP contribution in [0.3, 0.4) is 0 Å². The fraction of sp³-hybridized carbons (Fsp3) is 0.625. The van der Waals surface area contributed by atoms with Gasteiger partial charge in [0.05, 0.1) is 0 Å². The zero-order valence-electron chi connectivity index (χ0n) is 11.3. The first-order valence-corrected chi connectivity index (χ1v) is 7.27. The van der Waals surface area contributed by atoms with Gasteiger partial charge in [-0.05, 0) is 55.7 Å². The predicted octanol–water partition coefficient (Wildman–Crippen LogP) is 2.73. The van der Waals surface area contributed by atoms with E-state index < -0.39 is 0 Å². The van der Waals surface area contributed by atoms with Crippen LogP contribution in [0.4, 0.5) is 0 Å². The second-order valence-electron chi connectivity index (χ2n) is 6.03. The second kappa shape index (κ2) is 5.02. The molecule has 1 unspecified atom stereocenters. The molecule has 1 aromatic carbocycles. The van der Waals surface area contributed by atoms with Crippen molar-refractivity contribution in [1.82, 2.24) is 4.90 Å². The predicted molar refractivity (Wildman–Crippen MR) is 75.5 cm³/mol. The standard InChI is InChI=1S/C16H24N2/c1-18(16(10-17)13-8-9-13)11-14-4-2-3-5-15(14)12-6-7-12/h2-5,12-13,16H,6-11,17H2,1H3. The quantitative estimate of drug-likeness (QED) is 0.833. The molecule has 2 saturated carbocycles.